The van der Waals surface area contributed by atoms with Crippen molar-refractivity contribution in [3.8, 4) is 0 Å². The lowest BCUT2D eigenvalue weighted by Crippen LogP contribution is -2.35. The van der Waals surface area contributed by atoms with Gasteiger partial charge in [-0.05, 0) is 31.4 Å². The van der Waals surface area contributed by atoms with Crippen molar-refractivity contribution >= 4 is 17.5 Å². The van der Waals surface area contributed by atoms with Crippen LogP contribution in [0.1, 0.15) is 29.6 Å². The molecule has 5 heteroatoms. The lowest BCUT2D eigenvalue weighted by atomic mass is 10.1. The van der Waals surface area contributed by atoms with Gasteiger partial charge in [-0.25, -0.2) is 8.78 Å². The number of halogens is 3. The monoisotopic (exact) mass is 273 g/mol. The molecule has 1 fully saturated rings. The van der Waals surface area contributed by atoms with E-state index in [0.717, 1.165) is 31.0 Å². The number of hydrogen-bond acceptors (Lipinski definition) is 1. The molecule has 0 saturated carbocycles. The van der Waals surface area contributed by atoms with Crippen LogP contribution in [0.5, 0.6) is 0 Å². The van der Waals surface area contributed by atoms with E-state index in [0.29, 0.717) is 18.8 Å². The van der Waals surface area contributed by atoms with Crippen LogP contribution in [0.25, 0.3) is 0 Å². The summed E-state index contributed by atoms with van der Waals surface area (Å²) >= 11 is 5.69. The predicted molar refractivity (Wildman–Crippen MR) is 65.8 cm³/mol. The molecule has 2 rings (SSSR count). The first-order valence-electron chi connectivity index (χ1n) is 5.95. The van der Waals surface area contributed by atoms with Crippen molar-refractivity contribution in [3.63, 3.8) is 0 Å². The van der Waals surface area contributed by atoms with Gasteiger partial charge in [-0.15, -0.1) is 11.6 Å². The fourth-order valence-electron chi connectivity index (χ4n) is 2.37. The molecule has 0 N–H and O–H groups in total. The van der Waals surface area contributed by atoms with Crippen LogP contribution in [0.2, 0.25) is 0 Å². The van der Waals surface area contributed by atoms with E-state index in [2.05, 4.69) is 0 Å². The van der Waals surface area contributed by atoms with E-state index in [1.165, 1.54) is 0 Å². The molecule has 2 nitrogen and oxygen atoms in total. The highest BCUT2D eigenvalue weighted by Gasteiger charge is 2.29. The second-order valence-electron chi connectivity index (χ2n) is 4.43. The number of nitrogens with zero attached hydrogens (tertiary/aromatic N) is 1. The van der Waals surface area contributed by atoms with Gasteiger partial charge in [-0.1, -0.05) is 0 Å². The Labute approximate surface area is 110 Å². The summed E-state index contributed by atoms with van der Waals surface area (Å²) in [6.45, 7) is 0.624. The number of carbonyl (C=O) groups is 1. The normalized spacial score (nSPS) is 19.3. The first-order chi connectivity index (χ1) is 8.61. The summed E-state index contributed by atoms with van der Waals surface area (Å²) in [5, 5.41) is 0. The molecule has 1 aliphatic heterocycles. The van der Waals surface area contributed by atoms with Crippen LogP contribution in [-0.4, -0.2) is 29.3 Å². The molecule has 1 aliphatic rings. The number of hydrogen-bond donors (Lipinski definition) is 0. The molecule has 98 valence electrons. The maximum atomic E-state index is 13.1. The van der Waals surface area contributed by atoms with Crippen LogP contribution >= 0.6 is 11.6 Å². The molecule has 1 aromatic carbocycles. The molecule has 1 aromatic rings. The van der Waals surface area contributed by atoms with E-state index in [1.54, 1.807) is 4.90 Å². The van der Waals surface area contributed by atoms with Crippen LogP contribution in [0.3, 0.4) is 0 Å². The molecule has 0 bridgehead atoms. The zero-order valence-electron chi connectivity index (χ0n) is 9.83. The zero-order chi connectivity index (χ0) is 13.1. The predicted octanol–water partition coefficient (Wildman–Crippen LogP) is 3.20. The number of amides is 1. The third-order valence-electron chi connectivity index (χ3n) is 3.19. The van der Waals surface area contributed by atoms with E-state index < -0.39 is 11.6 Å². The Morgan fingerprint density at radius 1 is 1.33 bits per heavy atom. The second-order valence-corrected chi connectivity index (χ2v) is 4.81. The average molecular weight is 274 g/mol. The van der Waals surface area contributed by atoms with Crippen molar-refractivity contribution in [2.45, 2.75) is 25.3 Å². The van der Waals surface area contributed by atoms with Gasteiger partial charge in [0.25, 0.3) is 5.91 Å². The molecule has 0 radical (unpaired) electrons. The van der Waals surface area contributed by atoms with Crippen LogP contribution in [0.15, 0.2) is 18.2 Å². The second kappa shape index (κ2) is 5.65. The zero-order valence-corrected chi connectivity index (χ0v) is 10.6. The van der Waals surface area contributed by atoms with Crippen LogP contribution in [0, 0.1) is 11.6 Å². The summed E-state index contributed by atoms with van der Waals surface area (Å²) in [6.07, 6.45) is 2.52. The highest BCUT2D eigenvalue weighted by Crippen LogP contribution is 2.23. The van der Waals surface area contributed by atoms with Gasteiger partial charge in [0, 0.05) is 30.1 Å². The first kappa shape index (κ1) is 13.3. The van der Waals surface area contributed by atoms with Crippen LogP contribution in [0.4, 0.5) is 8.78 Å². The number of carbonyl (C=O) groups excluding carboxylic acids is 1. The molecular weight excluding hydrogens is 260 g/mol. The van der Waals surface area contributed by atoms with Crippen molar-refractivity contribution in [1.29, 1.82) is 0 Å². The quantitative estimate of drug-likeness (QED) is 0.775. The number of alkyl halides is 1. The van der Waals surface area contributed by atoms with Gasteiger partial charge in [-0.3, -0.25) is 4.79 Å². The Morgan fingerprint density at radius 2 is 2.00 bits per heavy atom. The Bertz CT molecular complexity index is 432. The Morgan fingerprint density at radius 3 is 2.61 bits per heavy atom. The summed E-state index contributed by atoms with van der Waals surface area (Å²) in [7, 11) is 0. The van der Waals surface area contributed by atoms with Gasteiger partial charge in [0.2, 0.25) is 0 Å². The molecule has 1 heterocycles. The largest absolute Gasteiger partial charge is 0.336 e. The minimum Gasteiger partial charge on any atom is -0.336 e. The molecular formula is C13H14ClF2NO. The van der Waals surface area contributed by atoms with Crippen molar-refractivity contribution in [1.82, 2.24) is 4.90 Å². The molecule has 1 unspecified atom stereocenters. The Hall–Kier alpha value is -1.16. The van der Waals surface area contributed by atoms with E-state index in [1.807, 2.05) is 0 Å². The maximum absolute atomic E-state index is 13.1. The van der Waals surface area contributed by atoms with E-state index in [9.17, 15) is 13.6 Å². The standard InChI is InChI=1S/C13H14ClF2NO/c14-4-3-12-2-1-5-17(12)13(18)9-6-10(15)8-11(16)7-9/h6-8,12H,1-5H2. The number of rotatable bonds is 3. The lowest BCUT2D eigenvalue weighted by molar-refractivity contribution is 0.0733. The maximum Gasteiger partial charge on any atom is 0.254 e. The Kier molecular flexibility index (Phi) is 4.17. The van der Waals surface area contributed by atoms with Gasteiger partial charge in [0.15, 0.2) is 0 Å². The summed E-state index contributed by atoms with van der Waals surface area (Å²) in [5.41, 5.74) is 0.0639. The van der Waals surface area contributed by atoms with Crippen molar-refractivity contribution in [2.75, 3.05) is 12.4 Å². The molecule has 1 amide bonds. The summed E-state index contributed by atoms with van der Waals surface area (Å²) in [4.78, 5) is 13.8. The smallest absolute Gasteiger partial charge is 0.254 e. The first-order valence-corrected chi connectivity index (χ1v) is 6.48. The third-order valence-corrected chi connectivity index (χ3v) is 3.41. The van der Waals surface area contributed by atoms with Crippen LogP contribution < -0.4 is 0 Å². The van der Waals surface area contributed by atoms with Gasteiger partial charge < -0.3 is 4.90 Å². The van der Waals surface area contributed by atoms with Gasteiger partial charge in [0.05, 0.1) is 0 Å². The van der Waals surface area contributed by atoms with E-state index in [-0.39, 0.29) is 17.5 Å². The minimum absolute atomic E-state index is 0.0639. The minimum atomic E-state index is -0.730. The van der Waals surface area contributed by atoms with Gasteiger partial charge in [-0.2, -0.15) is 0 Å². The lowest BCUT2D eigenvalue weighted by Gasteiger charge is -2.24. The molecule has 0 spiro atoms. The van der Waals surface area contributed by atoms with Gasteiger partial charge in [0.1, 0.15) is 11.6 Å². The van der Waals surface area contributed by atoms with Gasteiger partial charge >= 0.3 is 0 Å². The third kappa shape index (κ3) is 2.80. The van der Waals surface area contributed by atoms with E-state index in [4.69, 9.17) is 11.6 Å². The highest BCUT2D eigenvalue weighted by atomic mass is 35.5. The number of likely N-dealkylation sites (tertiary alicyclic amines) is 1. The molecule has 1 atom stereocenters. The van der Waals surface area contributed by atoms with E-state index >= 15 is 0 Å². The molecule has 18 heavy (non-hydrogen) atoms. The molecule has 1 saturated heterocycles. The molecule has 0 aliphatic carbocycles. The van der Waals surface area contributed by atoms with Crippen molar-refractivity contribution < 1.29 is 13.6 Å². The van der Waals surface area contributed by atoms with Crippen molar-refractivity contribution in [2.24, 2.45) is 0 Å². The van der Waals surface area contributed by atoms with Crippen molar-refractivity contribution in [3.05, 3.63) is 35.4 Å². The fraction of sp³-hybridized carbons (Fsp3) is 0.462. The Balaban J connectivity index is 2.19. The average Bonchev–Trinajstić information content (AvgIpc) is 2.75. The summed E-state index contributed by atoms with van der Waals surface area (Å²) in [6, 6.07) is 2.99. The fourth-order valence-corrected chi connectivity index (χ4v) is 2.62. The molecule has 0 aromatic heterocycles. The summed E-state index contributed by atoms with van der Waals surface area (Å²) in [5.74, 6) is -1.30. The highest BCUT2D eigenvalue weighted by molar-refractivity contribution is 6.17. The number of benzene rings is 1. The van der Waals surface area contributed by atoms with Crippen LogP contribution in [-0.2, 0) is 0 Å². The summed E-state index contributed by atoms with van der Waals surface area (Å²) < 4.78 is 26.2. The topological polar surface area (TPSA) is 20.3 Å². The SMILES string of the molecule is O=C(c1cc(F)cc(F)c1)N1CCCC1CCCl.